The minimum absolute atomic E-state index is 0.0290. The molecular formula is C19H21ClN2O3. The first kappa shape index (κ1) is 18.8. The number of aromatic hydroxyl groups is 1. The maximum Gasteiger partial charge on any atom is 0.255 e. The molecule has 6 heteroatoms. The van der Waals surface area contributed by atoms with Crippen molar-refractivity contribution in [1.29, 1.82) is 0 Å². The van der Waals surface area contributed by atoms with Gasteiger partial charge in [-0.05, 0) is 43.2 Å². The van der Waals surface area contributed by atoms with Crippen molar-refractivity contribution in [3.63, 3.8) is 0 Å². The molecule has 3 N–H and O–H groups in total. The van der Waals surface area contributed by atoms with Gasteiger partial charge < -0.3 is 15.7 Å². The molecule has 0 aliphatic carbocycles. The summed E-state index contributed by atoms with van der Waals surface area (Å²) >= 11 is 5.87. The first-order valence-electron chi connectivity index (χ1n) is 7.95. The Balaban J connectivity index is 2.14. The molecule has 0 aliphatic heterocycles. The Labute approximate surface area is 152 Å². The van der Waals surface area contributed by atoms with Gasteiger partial charge in [-0.25, -0.2) is 0 Å². The Morgan fingerprint density at radius 3 is 2.32 bits per heavy atom. The van der Waals surface area contributed by atoms with Crippen LogP contribution in [0.4, 0.5) is 5.69 Å². The Hall–Kier alpha value is -2.53. The fourth-order valence-electron chi connectivity index (χ4n) is 2.30. The van der Waals surface area contributed by atoms with E-state index < -0.39 is 11.9 Å². The lowest BCUT2D eigenvalue weighted by Gasteiger charge is -2.22. The highest BCUT2D eigenvalue weighted by molar-refractivity contribution is 6.31. The third-order valence-electron chi connectivity index (χ3n) is 3.76. The smallest absolute Gasteiger partial charge is 0.255 e. The summed E-state index contributed by atoms with van der Waals surface area (Å²) in [6.45, 7) is 5.62. The van der Waals surface area contributed by atoms with Crippen molar-refractivity contribution < 1.29 is 14.7 Å². The van der Waals surface area contributed by atoms with Gasteiger partial charge in [0, 0.05) is 10.7 Å². The Morgan fingerprint density at radius 1 is 1.08 bits per heavy atom. The van der Waals surface area contributed by atoms with Crippen molar-refractivity contribution in [2.75, 3.05) is 5.32 Å². The summed E-state index contributed by atoms with van der Waals surface area (Å²) in [5, 5.41) is 15.6. The van der Waals surface area contributed by atoms with Crippen molar-refractivity contribution in [3.05, 3.63) is 58.6 Å². The van der Waals surface area contributed by atoms with Crippen LogP contribution in [0.25, 0.3) is 0 Å². The van der Waals surface area contributed by atoms with Gasteiger partial charge in [0.05, 0.1) is 5.56 Å². The molecule has 1 atom stereocenters. The lowest BCUT2D eigenvalue weighted by Crippen LogP contribution is -2.47. The summed E-state index contributed by atoms with van der Waals surface area (Å²) in [7, 11) is 0. The predicted octanol–water partition coefficient (Wildman–Crippen LogP) is 3.75. The molecule has 0 spiro atoms. The van der Waals surface area contributed by atoms with E-state index in [1.807, 2.05) is 32.9 Å². The molecule has 0 saturated heterocycles. The molecule has 0 bridgehead atoms. The number of benzene rings is 2. The number of phenols is 1. The van der Waals surface area contributed by atoms with E-state index in [0.717, 1.165) is 5.56 Å². The van der Waals surface area contributed by atoms with E-state index in [1.54, 1.807) is 12.1 Å². The molecule has 0 fully saturated rings. The van der Waals surface area contributed by atoms with E-state index in [4.69, 9.17) is 11.6 Å². The second-order valence-electron chi connectivity index (χ2n) is 6.21. The van der Waals surface area contributed by atoms with Gasteiger partial charge in [-0.1, -0.05) is 43.1 Å². The van der Waals surface area contributed by atoms with E-state index >= 15 is 0 Å². The molecule has 25 heavy (non-hydrogen) atoms. The number of phenolic OH excluding ortho intramolecular Hbond substituents is 1. The van der Waals surface area contributed by atoms with Crippen LogP contribution in [0, 0.1) is 12.8 Å². The average Bonchev–Trinajstić information content (AvgIpc) is 2.56. The van der Waals surface area contributed by atoms with E-state index in [-0.39, 0.29) is 23.1 Å². The molecule has 0 aromatic heterocycles. The maximum atomic E-state index is 12.5. The zero-order chi connectivity index (χ0) is 18.6. The molecule has 2 amide bonds. The number of hydrogen-bond donors (Lipinski definition) is 3. The molecule has 5 nitrogen and oxygen atoms in total. The lowest BCUT2D eigenvalue weighted by atomic mass is 10.0. The van der Waals surface area contributed by atoms with E-state index in [9.17, 15) is 14.7 Å². The standard InChI is InChI=1S/C19H21ClN2O3/c1-11(2)17(19(25)21-14-7-4-12(3)5-8-14)22-18(24)15-10-13(20)6-9-16(15)23/h4-11,17,23H,1-3H3,(H,21,25)(H,22,24)/t17-/m0/s1. The molecule has 2 rings (SSSR count). The third-order valence-corrected chi connectivity index (χ3v) is 3.99. The molecular weight excluding hydrogens is 340 g/mol. The van der Waals surface area contributed by atoms with Crippen LogP contribution in [-0.2, 0) is 4.79 Å². The number of halogens is 1. The summed E-state index contributed by atoms with van der Waals surface area (Å²) in [4.78, 5) is 25.0. The van der Waals surface area contributed by atoms with Gasteiger partial charge >= 0.3 is 0 Å². The van der Waals surface area contributed by atoms with Crippen LogP contribution in [-0.4, -0.2) is 23.0 Å². The van der Waals surface area contributed by atoms with E-state index in [2.05, 4.69) is 10.6 Å². The SMILES string of the molecule is Cc1ccc(NC(=O)[C@@H](NC(=O)c2cc(Cl)ccc2O)C(C)C)cc1. The molecule has 0 aliphatic rings. The van der Waals surface area contributed by atoms with Crippen LogP contribution in [0.3, 0.4) is 0 Å². The highest BCUT2D eigenvalue weighted by atomic mass is 35.5. The molecule has 0 unspecified atom stereocenters. The number of amides is 2. The molecule has 2 aromatic carbocycles. The van der Waals surface area contributed by atoms with Crippen LogP contribution in [0.15, 0.2) is 42.5 Å². The highest BCUT2D eigenvalue weighted by Gasteiger charge is 2.26. The van der Waals surface area contributed by atoms with Crippen molar-refractivity contribution in [2.45, 2.75) is 26.8 Å². The highest BCUT2D eigenvalue weighted by Crippen LogP contribution is 2.22. The van der Waals surface area contributed by atoms with Gasteiger partial charge in [0.1, 0.15) is 11.8 Å². The number of anilines is 1. The summed E-state index contributed by atoms with van der Waals surface area (Å²) < 4.78 is 0. The Kier molecular flexibility index (Phi) is 6.04. The fraction of sp³-hybridized carbons (Fsp3) is 0.263. The first-order valence-corrected chi connectivity index (χ1v) is 8.32. The van der Waals surface area contributed by atoms with Crippen LogP contribution in [0.5, 0.6) is 5.75 Å². The minimum atomic E-state index is -0.757. The van der Waals surface area contributed by atoms with Crippen LogP contribution >= 0.6 is 11.6 Å². The Bertz CT molecular complexity index is 773. The molecule has 2 aromatic rings. The second-order valence-corrected chi connectivity index (χ2v) is 6.65. The van der Waals surface area contributed by atoms with Crippen molar-refractivity contribution in [1.82, 2.24) is 5.32 Å². The van der Waals surface area contributed by atoms with Gasteiger partial charge in [-0.3, -0.25) is 9.59 Å². The maximum absolute atomic E-state index is 12.5. The zero-order valence-corrected chi connectivity index (χ0v) is 15.1. The average molecular weight is 361 g/mol. The predicted molar refractivity (Wildman–Crippen MR) is 99.0 cm³/mol. The number of aryl methyl sites for hydroxylation is 1. The van der Waals surface area contributed by atoms with Crippen molar-refractivity contribution in [2.24, 2.45) is 5.92 Å². The molecule has 0 heterocycles. The monoisotopic (exact) mass is 360 g/mol. The molecule has 132 valence electrons. The van der Waals surface area contributed by atoms with Gasteiger partial charge in [0.15, 0.2) is 0 Å². The van der Waals surface area contributed by atoms with Crippen LogP contribution in [0.1, 0.15) is 29.8 Å². The zero-order valence-electron chi connectivity index (χ0n) is 14.3. The second kappa shape index (κ2) is 8.03. The van der Waals surface area contributed by atoms with Crippen LogP contribution < -0.4 is 10.6 Å². The number of carbonyl (C=O) groups excluding carboxylic acids is 2. The molecule has 0 radical (unpaired) electrons. The van der Waals surface area contributed by atoms with Gasteiger partial charge in [0.25, 0.3) is 5.91 Å². The molecule has 0 saturated carbocycles. The number of rotatable bonds is 5. The third kappa shape index (κ3) is 4.97. The lowest BCUT2D eigenvalue weighted by molar-refractivity contribution is -0.118. The van der Waals surface area contributed by atoms with Gasteiger partial charge in [-0.2, -0.15) is 0 Å². The number of carbonyl (C=O) groups is 2. The fourth-order valence-corrected chi connectivity index (χ4v) is 2.47. The normalized spacial score (nSPS) is 11.9. The Morgan fingerprint density at radius 2 is 1.72 bits per heavy atom. The van der Waals surface area contributed by atoms with Gasteiger partial charge in [0.2, 0.25) is 5.91 Å². The number of hydrogen-bond acceptors (Lipinski definition) is 3. The van der Waals surface area contributed by atoms with E-state index in [1.165, 1.54) is 18.2 Å². The first-order chi connectivity index (χ1) is 11.8. The van der Waals surface area contributed by atoms with Crippen molar-refractivity contribution in [3.8, 4) is 5.75 Å². The van der Waals surface area contributed by atoms with Gasteiger partial charge in [-0.15, -0.1) is 0 Å². The summed E-state index contributed by atoms with van der Waals surface area (Å²) in [6, 6.07) is 10.8. The summed E-state index contributed by atoms with van der Waals surface area (Å²) in [5.41, 5.74) is 1.77. The largest absolute Gasteiger partial charge is 0.507 e. The summed E-state index contributed by atoms with van der Waals surface area (Å²) in [6.07, 6.45) is 0. The number of nitrogens with one attached hydrogen (secondary N) is 2. The minimum Gasteiger partial charge on any atom is -0.507 e. The summed E-state index contributed by atoms with van der Waals surface area (Å²) in [5.74, 6) is -1.22. The quantitative estimate of drug-likeness (QED) is 0.759. The van der Waals surface area contributed by atoms with Crippen molar-refractivity contribution >= 4 is 29.1 Å². The topological polar surface area (TPSA) is 78.4 Å². The van der Waals surface area contributed by atoms with E-state index in [0.29, 0.717) is 10.7 Å². The van der Waals surface area contributed by atoms with Crippen LogP contribution in [0.2, 0.25) is 5.02 Å².